The van der Waals surface area contributed by atoms with Gasteiger partial charge in [-0.1, -0.05) is 0 Å². The highest BCUT2D eigenvalue weighted by Crippen LogP contribution is 2.39. The summed E-state index contributed by atoms with van der Waals surface area (Å²) in [5.74, 6) is -1.51. The highest BCUT2D eigenvalue weighted by Gasteiger charge is 2.38. The Hall–Kier alpha value is -1.93. The molecule has 1 aromatic rings. The van der Waals surface area contributed by atoms with E-state index in [1.54, 1.807) is 0 Å². The molecule has 1 heterocycles. The van der Waals surface area contributed by atoms with Crippen LogP contribution in [0.2, 0.25) is 0 Å². The Bertz CT molecular complexity index is 502. The molecule has 0 bridgehead atoms. The number of carbonyl (C=O) groups excluding carboxylic acids is 1. The number of hydrogen-bond donors (Lipinski definition) is 1. The van der Waals surface area contributed by atoms with Gasteiger partial charge in [0, 0.05) is 17.3 Å². The molecule has 2 N–H and O–H groups in total. The Morgan fingerprint density at radius 2 is 2.05 bits per heavy atom. The third kappa shape index (κ3) is 3.55. The molecule has 0 amide bonds. The van der Waals surface area contributed by atoms with Gasteiger partial charge < -0.3 is 10.5 Å². The number of nitrogen functional groups attached to an aromatic ring is 1. The van der Waals surface area contributed by atoms with E-state index in [0.717, 1.165) is 0 Å². The average molecular weight is 298 g/mol. The number of alkyl halides is 5. The van der Waals surface area contributed by atoms with Crippen molar-refractivity contribution in [1.82, 2.24) is 4.98 Å². The van der Waals surface area contributed by atoms with Gasteiger partial charge in [-0.15, -0.1) is 0 Å². The first-order chi connectivity index (χ1) is 9.18. The Morgan fingerprint density at radius 1 is 1.45 bits per heavy atom. The Morgan fingerprint density at radius 3 is 2.50 bits per heavy atom. The van der Waals surface area contributed by atoms with Crippen LogP contribution in [0.15, 0.2) is 6.20 Å². The first-order valence-electron chi connectivity index (χ1n) is 5.46. The van der Waals surface area contributed by atoms with E-state index in [0.29, 0.717) is 0 Å². The number of hydrogen-bond acceptors (Lipinski definition) is 4. The minimum absolute atomic E-state index is 0.0326. The van der Waals surface area contributed by atoms with Crippen molar-refractivity contribution in [1.29, 1.82) is 0 Å². The summed E-state index contributed by atoms with van der Waals surface area (Å²) >= 11 is 0. The minimum atomic E-state index is -5.02. The van der Waals surface area contributed by atoms with Crippen molar-refractivity contribution in [2.45, 2.75) is 25.9 Å². The molecular weight excluding hydrogens is 287 g/mol. The zero-order valence-electron chi connectivity index (χ0n) is 10.3. The highest BCUT2D eigenvalue weighted by molar-refractivity contribution is 5.75. The lowest BCUT2D eigenvalue weighted by Gasteiger charge is -2.17. The third-order valence-corrected chi connectivity index (χ3v) is 2.41. The summed E-state index contributed by atoms with van der Waals surface area (Å²) in [6.07, 6.45) is -9.03. The largest absolute Gasteiger partial charge is 0.466 e. The number of ether oxygens (including phenoxy) is 1. The summed E-state index contributed by atoms with van der Waals surface area (Å²) < 4.78 is 68.3. The van der Waals surface area contributed by atoms with Gasteiger partial charge in [0.2, 0.25) is 0 Å². The topological polar surface area (TPSA) is 65.2 Å². The van der Waals surface area contributed by atoms with Gasteiger partial charge in [0.15, 0.2) is 0 Å². The second-order valence-corrected chi connectivity index (χ2v) is 3.73. The predicted octanol–water partition coefficient (Wildman–Crippen LogP) is 2.73. The monoisotopic (exact) mass is 298 g/mol. The summed E-state index contributed by atoms with van der Waals surface area (Å²) in [4.78, 5) is 14.5. The summed E-state index contributed by atoms with van der Waals surface area (Å²) in [5.41, 5.74) is 1.69. The molecule has 9 heteroatoms. The van der Waals surface area contributed by atoms with E-state index in [2.05, 4.69) is 9.72 Å². The van der Waals surface area contributed by atoms with Crippen molar-refractivity contribution in [3.63, 3.8) is 0 Å². The lowest BCUT2D eigenvalue weighted by atomic mass is 10.0. The van der Waals surface area contributed by atoms with Crippen LogP contribution in [0.5, 0.6) is 0 Å². The van der Waals surface area contributed by atoms with E-state index in [1.807, 2.05) is 0 Å². The zero-order chi connectivity index (χ0) is 15.5. The lowest BCUT2D eigenvalue weighted by Crippen LogP contribution is -2.18. The molecule has 20 heavy (non-hydrogen) atoms. The van der Waals surface area contributed by atoms with E-state index in [1.165, 1.54) is 6.92 Å². The molecule has 0 aliphatic carbocycles. The molecule has 0 atom stereocenters. The van der Waals surface area contributed by atoms with Gasteiger partial charge in [0.05, 0.1) is 18.6 Å². The quantitative estimate of drug-likeness (QED) is 0.685. The fourth-order valence-electron chi connectivity index (χ4n) is 1.60. The molecule has 0 aliphatic rings. The van der Waals surface area contributed by atoms with Gasteiger partial charge in [0.25, 0.3) is 6.43 Å². The third-order valence-electron chi connectivity index (χ3n) is 2.41. The van der Waals surface area contributed by atoms with Crippen molar-refractivity contribution in [2.75, 3.05) is 12.3 Å². The predicted molar refractivity (Wildman–Crippen MR) is 58.9 cm³/mol. The summed E-state index contributed by atoms with van der Waals surface area (Å²) in [7, 11) is 0. The maximum absolute atomic E-state index is 12.9. The van der Waals surface area contributed by atoms with Crippen LogP contribution in [0.4, 0.5) is 27.8 Å². The van der Waals surface area contributed by atoms with E-state index in [-0.39, 0.29) is 12.8 Å². The Kier molecular flexibility index (Phi) is 4.85. The van der Waals surface area contributed by atoms with Gasteiger partial charge >= 0.3 is 12.1 Å². The van der Waals surface area contributed by atoms with Crippen LogP contribution in [-0.2, 0) is 22.1 Å². The standard InChI is InChI=1S/C11H11F5N2O2/c1-2-20-7(19)3-5-8(9(12)13)6(11(14,15)16)4-18-10(5)17/h4,9H,2-3H2,1H3,(H2,17,18). The molecule has 1 aromatic heterocycles. The van der Waals surface area contributed by atoms with Gasteiger partial charge in [-0.25, -0.2) is 13.8 Å². The van der Waals surface area contributed by atoms with Crippen molar-refractivity contribution < 1.29 is 31.5 Å². The van der Waals surface area contributed by atoms with E-state index in [4.69, 9.17) is 5.73 Å². The van der Waals surface area contributed by atoms with Crippen LogP contribution >= 0.6 is 0 Å². The first-order valence-corrected chi connectivity index (χ1v) is 5.46. The van der Waals surface area contributed by atoms with E-state index >= 15 is 0 Å². The molecule has 0 aromatic carbocycles. The fourth-order valence-corrected chi connectivity index (χ4v) is 1.60. The van der Waals surface area contributed by atoms with E-state index < -0.39 is 47.5 Å². The van der Waals surface area contributed by atoms with Crippen molar-refractivity contribution in [3.8, 4) is 0 Å². The summed E-state index contributed by atoms with van der Waals surface area (Å²) in [6, 6.07) is 0. The minimum Gasteiger partial charge on any atom is -0.466 e. The molecule has 0 saturated heterocycles. The SMILES string of the molecule is CCOC(=O)Cc1c(N)ncc(C(F)(F)F)c1C(F)F. The number of pyridine rings is 1. The fraction of sp³-hybridized carbons (Fsp3) is 0.455. The molecule has 0 radical (unpaired) electrons. The highest BCUT2D eigenvalue weighted by atomic mass is 19.4. The van der Waals surface area contributed by atoms with Gasteiger partial charge in [-0.05, 0) is 6.92 Å². The Labute approximate surface area is 110 Å². The molecule has 0 unspecified atom stereocenters. The summed E-state index contributed by atoms with van der Waals surface area (Å²) in [5, 5.41) is 0. The molecule has 4 nitrogen and oxygen atoms in total. The zero-order valence-corrected chi connectivity index (χ0v) is 10.3. The second-order valence-electron chi connectivity index (χ2n) is 3.73. The van der Waals surface area contributed by atoms with Crippen molar-refractivity contribution in [2.24, 2.45) is 0 Å². The maximum Gasteiger partial charge on any atom is 0.418 e. The van der Waals surface area contributed by atoms with Gasteiger partial charge in [0.1, 0.15) is 5.82 Å². The first kappa shape index (κ1) is 16.1. The summed E-state index contributed by atoms with van der Waals surface area (Å²) in [6.45, 7) is 1.44. The van der Waals surface area contributed by atoms with Crippen LogP contribution in [0, 0.1) is 0 Å². The van der Waals surface area contributed by atoms with Crippen LogP contribution in [0.25, 0.3) is 0 Å². The molecule has 0 fully saturated rings. The smallest absolute Gasteiger partial charge is 0.418 e. The normalized spacial score (nSPS) is 11.8. The second kappa shape index (κ2) is 6.02. The number of rotatable bonds is 4. The number of nitrogens with two attached hydrogens (primary N) is 1. The molecule has 0 saturated carbocycles. The van der Waals surface area contributed by atoms with E-state index in [9.17, 15) is 26.7 Å². The van der Waals surface area contributed by atoms with Gasteiger partial charge in [-0.2, -0.15) is 13.2 Å². The van der Waals surface area contributed by atoms with Gasteiger partial charge in [-0.3, -0.25) is 4.79 Å². The number of aromatic nitrogens is 1. The number of esters is 1. The number of halogens is 5. The van der Waals surface area contributed by atoms with Crippen LogP contribution in [-0.4, -0.2) is 17.6 Å². The molecule has 1 rings (SSSR count). The molecule has 0 spiro atoms. The number of carbonyl (C=O) groups is 1. The molecule has 0 aliphatic heterocycles. The molecular formula is C11H11F5N2O2. The molecule has 112 valence electrons. The van der Waals surface area contributed by atoms with Crippen molar-refractivity contribution >= 4 is 11.8 Å². The van der Waals surface area contributed by atoms with Crippen LogP contribution < -0.4 is 5.73 Å². The van der Waals surface area contributed by atoms with Crippen molar-refractivity contribution in [3.05, 3.63) is 22.9 Å². The average Bonchev–Trinajstić information content (AvgIpc) is 2.29. The maximum atomic E-state index is 12.9. The van der Waals surface area contributed by atoms with Crippen LogP contribution in [0.3, 0.4) is 0 Å². The van der Waals surface area contributed by atoms with Crippen LogP contribution in [0.1, 0.15) is 30.0 Å². The number of nitrogens with zero attached hydrogens (tertiary/aromatic N) is 1. The Balaban J connectivity index is 3.37. The lowest BCUT2D eigenvalue weighted by molar-refractivity contribution is -0.143. The number of anilines is 1.